The average Bonchev–Trinajstić information content (AvgIpc) is 2.44. The van der Waals surface area contributed by atoms with E-state index >= 15 is 0 Å². The first-order valence-corrected chi connectivity index (χ1v) is 7.90. The second-order valence-corrected chi connectivity index (χ2v) is 5.99. The topological polar surface area (TPSA) is 61.8 Å². The number of nitrogens with zero attached hydrogens (tertiary/aromatic N) is 1. The summed E-state index contributed by atoms with van der Waals surface area (Å²) >= 11 is 1.71. The fourth-order valence-corrected chi connectivity index (χ4v) is 2.64. The Morgan fingerprint density at radius 3 is 2.81 bits per heavy atom. The molecule has 2 N–H and O–H groups in total. The summed E-state index contributed by atoms with van der Waals surface area (Å²) in [7, 11) is 3.34. The molecule has 0 aliphatic heterocycles. The number of methoxy groups -OCH3 is 1. The highest BCUT2D eigenvalue weighted by atomic mass is 32.2. The number of carbonyl (C=O) groups is 1. The molecule has 1 amide bonds. The lowest BCUT2D eigenvalue weighted by atomic mass is 10.3. The smallest absolute Gasteiger partial charge is 0.234 e. The number of rotatable bonds is 10. The molecule has 1 unspecified atom stereocenters. The van der Waals surface area contributed by atoms with Crippen LogP contribution in [0.25, 0.3) is 0 Å². The minimum Gasteiger partial charge on any atom is -0.389 e. The lowest BCUT2D eigenvalue weighted by Gasteiger charge is -2.19. The number of nitrogens with one attached hydrogen (secondary N) is 1. The second kappa shape index (κ2) is 10.6. The third-order valence-electron chi connectivity index (χ3n) is 2.73. The van der Waals surface area contributed by atoms with Crippen LogP contribution >= 0.6 is 11.8 Å². The van der Waals surface area contributed by atoms with Crippen molar-refractivity contribution in [2.75, 3.05) is 46.2 Å². The second-order valence-electron chi connectivity index (χ2n) is 4.82. The number of ether oxygens (including phenoxy) is 1. The zero-order chi connectivity index (χ0) is 15.5. The summed E-state index contributed by atoms with van der Waals surface area (Å²) in [5, 5.41) is 12.4. The van der Waals surface area contributed by atoms with Crippen LogP contribution in [-0.4, -0.2) is 68.2 Å². The third-order valence-corrected chi connectivity index (χ3v) is 3.74. The molecule has 0 radical (unpaired) electrons. The van der Waals surface area contributed by atoms with Crippen LogP contribution in [0.1, 0.15) is 0 Å². The number of hydrogen-bond donors (Lipinski definition) is 2. The van der Waals surface area contributed by atoms with Gasteiger partial charge >= 0.3 is 0 Å². The molecule has 0 spiro atoms. The predicted molar refractivity (Wildman–Crippen MR) is 85.6 cm³/mol. The van der Waals surface area contributed by atoms with Crippen LogP contribution in [0.4, 0.5) is 0 Å². The maximum absolute atomic E-state index is 11.7. The Labute approximate surface area is 130 Å². The molecule has 6 heteroatoms. The molecule has 0 saturated carbocycles. The number of aliphatic hydroxyl groups is 1. The zero-order valence-electron chi connectivity index (χ0n) is 12.6. The van der Waals surface area contributed by atoms with Crippen LogP contribution in [0.5, 0.6) is 0 Å². The molecule has 1 atom stereocenters. The maximum atomic E-state index is 11.7. The van der Waals surface area contributed by atoms with E-state index in [2.05, 4.69) is 17.4 Å². The lowest BCUT2D eigenvalue weighted by Crippen LogP contribution is -2.40. The van der Waals surface area contributed by atoms with Gasteiger partial charge in [-0.05, 0) is 19.2 Å². The van der Waals surface area contributed by atoms with Crippen molar-refractivity contribution in [1.29, 1.82) is 0 Å². The highest BCUT2D eigenvalue weighted by Crippen LogP contribution is 2.15. The van der Waals surface area contributed by atoms with Crippen molar-refractivity contribution in [3.8, 4) is 0 Å². The monoisotopic (exact) mass is 312 g/mol. The van der Waals surface area contributed by atoms with E-state index in [1.54, 1.807) is 30.8 Å². The fourth-order valence-electron chi connectivity index (χ4n) is 1.85. The van der Waals surface area contributed by atoms with E-state index in [0.29, 0.717) is 13.1 Å². The summed E-state index contributed by atoms with van der Waals surface area (Å²) < 4.78 is 4.85. The van der Waals surface area contributed by atoms with E-state index in [-0.39, 0.29) is 19.1 Å². The molecule has 21 heavy (non-hydrogen) atoms. The van der Waals surface area contributed by atoms with Gasteiger partial charge in [-0.2, -0.15) is 0 Å². The number of aliphatic hydroxyl groups excluding tert-OH is 1. The molecular weight excluding hydrogens is 288 g/mol. The number of amides is 1. The van der Waals surface area contributed by atoms with Crippen LogP contribution < -0.4 is 5.32 Å². The number of benzene rings is 1. The van der Waals surface area contributed by atoms with Gasteiger partial charge in [-0.3, -0.25) is 9.69 Å². The normalized spacial score (nSPS) is 12.4. The standard InChI is InChI=1S/C15H24N2O3S/c1-17(10-13(18)12-20-2)11-15(19)16-8-9-21-14-6-4-3-5-7-14/h3-7,13,18H,8-12H2,1-2H3,(H,16,19). The lowest BCUT2D eigenvalue weighted by molar-refractivity contribution is -0.122. The van der Waals surface area contributed by atoms with Gasteiger partial charge in [0, 0.05) is 30.8 Å². The number of likely N-dealkylation sites (N-methyl/N-ethyl adjacent to an activating group) is 1. The van der Waals surface area contributed by atoms with Crippen LogP contribution in [0.15, 0.2) is 35.2 Å². The van der Waals surface area contributed by atoms with Gasteiger partial charge in [-0.1, -0.05) is 18.2 Å². The highest BCUT2D eigenvalue weighted by molar-refractivity contribution is 7.99. The summed E-state index contributed by atoms with van der Waals surface area (Å²) in [5.41, 5.74) is 0. The Hall–Kier alpha value is -1.08. The first-order chi connectivity index (χ1) is 10.1. The van der Waals surface area contributed by atoms with Crippen molar-refractivity contribution in [3.63, 3.8) is 0 Å². The van der Waals surface area contributed by atoms with E-state index in [0.717, 1.165) is 5.75 Å². The van der Waals surface area contributed by atoms with E-state index in [1.807, 2.05) is 18.2 Å². The Balaban J connectivity index is 2.10. The molecule has 0 fully saturated rings. The number of carbonyl (C=O) groups excluding carboxylic acids is 1. The molecule has 1 aromatic carbocycles. The van der Waals surface area contributed by atoms with Crippen molar-refractivity contribution in [2.24, 2.45) is 0 Å². The molecule has 1 aromatic rings. The quantitative estimate of drug-likeness (QED) is 0.495. The summed E-state index contributed by atoms with van der Waals surface area (Å²) in [6.07, 6.45) is -0.568. The summed E-state index contributed by atoms with van der Waals surface area (Å²) in [6, 6.07) is 10.1. The Bertz CT molecular complexity index is 403. The van der Waals surface area contributed by atoms with Crippen LogP contribution in [0.3, 0.4) is 0 Å². The third kappa shape index (κ3) is 8.72. The van der Waals surface area contributed by atoms with Gasteiger partial charge in [0.2, 0.25) is 5.91 Å². The minimum atomic E-state index is -0.568. The molecule has 0 aliphatic rings. The number of hydrogen-bond acceptors (Lipinski definition) is 5. The molecule has 0 saturated heterocycles. The van der Waals surface area contributed by atoms with Gasteiger partial charge in [-0.25, -0.2) is 0 Å². The largest absolute Gasteiger partial charge is 0.389 e. The van der Waals surface area contributed by atoms with Gasteiger partial charge in [0.25, 0.3) is 0 Å². The molecule has 0 heterocycles. The van der Waals surface area contributed by atoms with E-state index in [4.69, 9.17) is 4.74 Å². The zero-order valence-corrected chi connectivity index (χ0v) is 13.4. The van der Waals surface area contributed by atoms with Crippen molar-refractivity contribution >= 4 is 17.7 Å². The summed E-state index contributed by atoms with van der Waals surface area (Å²) in [5.74, 6) is 0.807. The minimum absolute atomic E-state index is 0.0317. The molecule has 5 nitrogen and oxygen atoms in total. The van der Waals surface area contributed by atoms with E-state index in [1.165, 1.54) is 4.90 Å². The van der Waals surface area contributed by atoms with Crippen LogP contribution in [0.2, 0.25) is 0 Å². The van der Waals surface area contributed by atoms with Gasteiger partial charge in [0.15, 0.2) is 0 Å². The molecule has 0 aliphatic carbocycles. The molecule has 118 valence electrons. The summed E-state index contributed by atoms with van der Waals surface area (Å²) in [6.45, 7) is 1.60. The average molecular weight is 312 g/mol. The van der Waals surface area contributed by atoms with Crippen LogP contribution in [0, 0.1) is 0 Å². The number of thioether (sulfide) groups is 1. The predicted octanol–water partition coefficient (Wildman–Crippen LogP) is 0.834. The first kappa shape index (κ1) is 18.0. The molecular formula is C15H24N2O3S. The highest BCUT2D eigenvalue weighted by Gasteiger charge is 2.11. The van der Waals surface area contributed by atoms with E-state index < -0.39 is 6.10 Å². The Morgan fingerprint density at radius 1 is 1.43 bits per heavy atom. The van der Waals surface area contributed by atoms with Crippen molar-refractivity contribution in [3.05, 3.63) is 30.3 Å². The van der Waals surface area contributed by atoms with Gasteiger partial charge < -0.3 is 15.2 Å². The summed E-state index contributed by atoms with van der Waals surface area (Å²) in [4.78, 5) is 14.7. The van der Waals surface area contributed by atoms with Crippen molar-refractivity contribution < 1.29 is 14.6 Å². The van der Waals surface area contributed by atoms with Crippen molar-refractivity contribution in [1.82, 2.24) is 10.2 Å². The van der Waals surface area contributed by atoms with E-state index in [9.17, 15) is 9.90 Å². The van der Waals surface area contributed by atoms with Crippen molar-refractivity contribution in [2.45, 2.75) is 11.0 Å². The van der Waals surface area contributed by atoms with Gasteiger partial charge in [-0.15, -0.1) is 11.8 Å². The van der Waals surface area contributed by atoms with Crippen LogP contribution in [-0.2, 0) is 9.53 Å². The Morgan fingerprint density at radius 2 is 2.14 bits per heavy atom. The Kier molecular flexibility index (Phi) is 9.09. The maximum Gasteiger partial charge on any atom is 0.234 e. The van der Waals surface area contributed by atoms with Gasteiger partial charge in [0.1, 0.15) is 0 Å². The molecule has 1 rings (SSSR count). The fraction of sp³-hybridized carbons (Fsp3) is 0.533. The first-order valence-electron chi connectivity index (χ1n) is 6.92. The molecule has 0 aromatic heterocycles. The molecule has 0 bridgehead atoms. The SMILES string of the molecule is COCC(O)CN(C)CC(=O)NCCSc1ccccc1. The van der Waals surface area contributed by atoms with Gasteiger partial charge in [0.05, 0.1) is 19.3 Å².